The molecule has 2 aromatic rings. The number of rotatable bonds is 1. The van der Waals surface area contributed by atoms with Crippen LogP contribution in [0.25, 0.3) is 0 Å². The minimum absolute atomic E-state index is 0.0394. The molecular formula is C13H10Cl2N4O2. The van der Waals surface area contributed by atoms with E-state index in [-0.39, 0.29) is 35.5 Å². The summed E-state index contributed by atoms with van der Waals surface area (Å²) in [5, 5.41) is 0.719. The van der Waals surface area contributed by atoms with Gasteiger partial charge in [0.1, 0.15) is 0 Å². The molecule has 0 fully saturated rings. The first-order valence-corrected chi connectivity index (χ1v) is 6.83. The Kier molecular flexibility index (Phi) is 3.35. The van der Waals surface area contributed by atoms with Crippen LogP contribution in [0.5, 0.6) is 0 Å². The Hall–Kier alpha value is -2.05. The fourth-order valence-electron chi connectivity index (χ4n) is 2.26. The zero-order chi connectivity index (χ0) is 15.1. The standard InChI is InChI=1S/C13H10Cl2N4O2/c14-6-1-2-7(9(15)3-6)12(21)19-4-8-10(5-19)17-13(16)18-11(8)20/h1-3H,4-5H2,(H3,16,17,18,20). The van der Waals surface area contributed by atoms with Crippen LogP contribution in [-0.2, 0) is 13.1 Å². The van der Waals surface area contributed by atoms with Crippen molar-refractivity contribution >= 4 is 35.1 Å². The number of fused-ring (bicyclic) bond motifs is 1. The van der Waals surface area contributed by atoms with E-state index < -0.39 is 0 Å². The SMILES string of the molecule is Nc1nc2c(c(=O)[nH]1)CN(C(=O)c1ccc(Cl)cc1Cl)C2. The number of halogens is 2. The number of H-pyrrole nitrogens is 1. The van der Waals surface area contributed by atoms with Crippen LogP contribution in [0.1, 0.15) is 21.6 Å². The quantitative estimate of drug-likeness (QED) is 0.836. The van der Waals surface area contributed by atoms with E-state index in [4.69, 9.17) is 28.9 Å². The molecule has 0 saturated carbocycles. The van der Waals surface area contributed by atoms with Gasteiger partial charge in [0.15, 0.2) is 0 Å². The van der Waals surface area contributed by atoms with Gasteiger partial charge in [-0.15, -0.1) is 0 Å². The third-order valence-electron chi connectivity index (χ3n) is 3.26. The summed E-state index contributed by atoms with van der Waals surface area (Å²) in [5.74, 6) is -0.245. The molecule has 1 aliphatic heterocycles. The van der Waals surface area contributed by atoms with Crippen LogP contribution in [0.4, 0.5) is 5.95 Å². The van der Waals surface area contributed by atoms with Gasteiger partial charge in [0, 0.05) is 5.02 Å². The van der Waals surface area contributed by atoms with E-state index >= 15 is 0 Å². The lowest BCUT2D eigenvalue weighted by Crippen LogP contribution is -2.26. The monoisotopic (exact) mass is 324 g/mol. The Labute approximate surface area is 129 Å². The average Bonchev–Trinajstić information content (AvgIpc) is 2.82. The van der Waals surface area contributed by atoms with Crippen LogP contribution in [0.2, 0.25) is 10.0 Å². The number of nitrogen functional groups attached to an aromatic ring is 1. The summed E-state index contributed by atoms with van der Waals surface area (Å²) in [6.45, 7) is 0.400. The van der Waals surface area contributed by atoms with E-state index in [1.807, 2.05) is 0 Å². The normalized spacial score (nSPS) is 13.3. The van der Waals surface area contributed by atoms with Gasteiger partial charge in [0.2, 0.25) is 5.95 Å². The zero-order valence-corrected chi connectivity index (χ0v) is 12.2. The van der Waals surface area contributed by atoms with Crippen LogP contribution in [0.3, 0.4) is 0 Å². The number of aromatic nitrogens is 2. The molecule has 3 N–H and O–H groups in total. The molecule has 1 aromatic heterocycles. The molecule has 1 aliphatic rings. The maximum Gasteiger partial charge on any atom is 0.257 e. The Morgan fingerprint density at radius 3 is 2.81 bits per heavy atom. The van der Waals surface area contributed by atoms with Crippen molar-refractivity contribution in [3.05, 3.63) is 55.4 Å². The van der Waals surface area contributed by atoms with Gasteiger partial charge in [-0.2, -0.15) is 0 Å². The first-order valence-electron chi connectivity index (χ1n) is 6.07. The number of amides is 1. The lowest BCUT2D eigenvalue weighted by Gasteiger charge is -2.15. The molecular weight excluding hydrogens is 315 g/mol. The van der Waals surface area contributed by atoms with Crippen LogP contribution in [0.15, 0.2) is 23.0 Å². The third-order valence-corrected chi connectivity index (χ3v) is 3.81. The summed E-state index contributed by atoms with van der Waals surface area (Å²) in [5.41, 5.74) is 6.46. The number of carbonyl (C=O) groups is 1. The van der Waals surface area contributed by atoms with E-state index in [0.717, 1.165) is 0 Å². The van der Waals surface area contributed by atoms with Crippen molar-refractivity contribution < 1.29 is 4.79 Å². The highest BCUT2D eigenvalue weighted by Crippen LogP contribution is 2.26. The van der Waals surface area contributed by atoms with Crippen LogP contribution < -0.4 is 11.3 Å². The Bertz CT molecular complexity index is 803. The van der Waals surface area contributed by atoms with Crippen molar-refractivity contribution in [2.24, 2.45) is 0 Å². The minimum atomic E-state index is -0.324. The van der Waals surface area contributed by atoms with Crippen molar-refractivity contribution in [2.45, 2.75) is 13.1 Å². The van der Waals surface area contributed by atoms with Gasteiger partial charge in [-0.1, -0.05) is 23.2 Å². The summed E-state index contributed by atoms with van der Waals surface area (Å²) < 4.78 is 0. The number of nitrogens with one attached hydrogen (secondary N) is 1. The van der Waals surface area contributed by atoms with Gasteiger partial charge in [-0.05, 0) is 18.2 Å². The molecule has 0 saturated heterocycles. The highest BCUT2D eigenvalue weighted by Gasteiger charge is 2.28. The molecule has 21 heavy (non-hydrogen) atoms. The number of nitrogens with zero attached hydrogens (tertiary/aromatic N) is 2. The molecule has 0 radical (unpaired) electrons. The van der Waals surface area contributed by atoms with Gasteiger partial charge in [0.25, 0.3) is 11.5 Å². The van der Waals surface area contributed by atoms with E-state index in [2.05, 4.69) is 9.97 Å². The van der Waals surface area contributed by atoms with Gasteiger partial charge >= 0.3 is 0 Å². The third kappa shape index (κ3) is 2.48. The average molecular weight is 325 g/mol. The zero-order valence-electron chi connectivity index (χ0n) is 10.7. The number of benzene rings is 1. The van der Waals surface area contributed by atoms with Gasteiger partial charge in [0.05, 0.1) is 34.9 Å². The molecule has 2 heterocycles. The molecule has 1 amide bonds. The number of anilines is 1. The van der Waals surface area contributed by atoms with Crippen molar-refractivity contribution in [3.8, 4) is 0 Å². The lowest BCUT2D eigenvalue weighted by molar-refractivity contribution is 0.0750. The number of hydrogen-bond donors (Lipinski definition) is 2. The first-order chi connectivity index (χ1) is 9.95. The number of nitrogens with two attached hydrogens (primary N) is 1. The van der Waals surface area contributed by atoms with Gasteiger partial charge in [-0.3, -0.25) is 14.6 Å². The van der Waals surface area contributed by atoms with E-state index in [1.165, 1.54) is 11.0 Å². The fraction of sp³-hybridized carbons (Fsp3) is 0.154. The molecule has 0 aliphatic carbocycles. The Morgan fingerprint density at radius 1 is 1.33 bits per heavy atom. The Balaban J connectivity index is 1.92. The molecule has 0 unspecified atom stereocenters. The van der Waals surface area contributed by atoms with E-state index in [1.54, 1.807) is 12.1 Å². The summed E-state index contributed by atoms with van der Waals surface area (Å²) in [6, 6.07) is 4.65. The molecule has 0 bridgehead atoms. The summed E-state index contributed by atoms with van der Waals surface area (Å²) >= 11 is 11.8. The predicted molar refractivity (Wildman–Crippen MR) is 79.3 cm³/mol. The Morgan fingerprint density at radius 2 is 2.10 bits per heavy atom. The van der Waals surface area contributed by atoms with Crippen LogP contribution in [0, 0.1) is 0 Å². The maximum atomic E-state index is 12.5. The summed E-state index contributed by atoms with van der Waals surface area (Å²) in [7, 11) is 0. The highest BCUT2D eigenvalue weighted by atomic mass is 35.5. The minimum Gasteiger partial charge on any atom is -0.369 e. The second-order valence-electron chi connectivity index (χ2n) is 4.66. The van der Waals surface area contributed by atoms with Crippen molar-refractivity contribution in [1.29, 1.82) is 0 Å². The molecule has 8 heteroatoms. The van der Waals surface area contributed by atoms with Crippen LogP contribution in [-0.4, -0.2) is 20.8 Å². The van der Waals surface area contributed by atoms with Gasteiger partial charge < -0.3 is 10.6 Å². The molecule has 3 rings (SSSR count). The fourth-order valence-corrected chi connectivity index (χ4v) is 2.75. The molecule has 0 atom stereocenters. The number of carbonyl (C=O) groups excluding carboxylic acids is 1. The highest BCUT2D eigenvalue weighted by molar-refractivity contribution is 6.36. The van der Waals surface area contributed by atoms with Crippen molar-refractivity contribution in [3.63, 3.8) is 0 Å². The predicted octanol–water partition coefficient (Wildman–Crippen LogP) is 1.81. The molecule has 0 spiro atoms. The van der Waals surface area contributed by atoms with Gasteiger partial charge in [-0.25, -0.2) is 4.98 Å². The van der Waals surface area contributed by atoms with Crippen molar-refractivity contribution in [2.75, 3.05) is 5.73 Å². The summed E-state index contributed by atoms with van der Waals surface area (Å²) in [6.07, 6.45) is 0. The number of hydrogen-bond acceptors (Lipinski definition) is 4. The second-order valence-corrected chi connectivity index (χ2v) is 5.51. The smallest absolute Gasteiger partial charge is 0.257 e. The largest absolute Gasteiger partial charge is 0.369 e. The lowest BCUT2D eigenvalue weighted by atomic mass is 10.2. The summed E-state index contributed by atoms with van der Waals surface area (Å²) in [4.78, 5) is 32.2. The van der Waals surface area contributed by atoms with E-state index in [0.29, 0.717) is 21.8 Å². The van der Waals surface area contributed by atoms with Crippen molar-refractivity contribution in [1.82, 2.24) is 14.9 Å². The van der Waals surface area contributed by atoms with E-state index in [9.17, 15) is 9.59 Å². The maximum absolute atomic E-state index is 12.5. The number of aromatic amines is 1. The second kappa shape index (κ2) is 5.05. The first kappa shape index (κ1) is 13.9. The molecule has 6 nitrogen and oxygen atoms in total. The topological polar surface area (TPSA) is 92.1 Å². The van der Waals surface area contributed by atoms with Crippen LogP contribution >= 0.6 is 23.2 Å². The molecule has 1 aromatic carbocycles. The molecule has 108 valence electrons.